The summed E-state index contributed by atoms with van der Waals surface area (Å²) in [6, 6.07) is 0.296. The first kappa shape index (κ1) is 24.5. The molecule has 1 saturated heterocycles. The van der Waals surface area contributed by atoms with Crippen LogP contribution in [0.25, 0.3) is 0 Å². The van der Waals surface area contributed by atoms with Crippen LogP contribution in [0.3, 0.4) is 0 Å². The molecule has 0 aromatic carbocycles. The van der Waals surface area contributed by atoms with Gasteiger partial charge in [-0.3, -0.25) is 0 Å². The van der Waals surface area contributed by atoms with Gasteiger partial charge in [0.15, 0.2) is 0 Å². The summed E-state index contributed by atoms with van der Waals surface area (Å²) in [5.41, 5.74) is 0.652. The molecular formula is C21H35N3O6S. The summed E-state index contributed by atoms with van der Waals surface area (Å²) in [6.45, 7) is 6.14. The van der Waals surface area contributed by atoms with Gasteiger partial charge in [0, 0.05) is 30.0 Å². The van der Waals surface area contributed by atoms with Crippen LogP contribution in [-0.4, -0.2) is 88.7 Å². The maximum atomic E-state index is 11.0. The summed E-state index contributed by atoms with van der Waals surface area (Å²) in [4.78, 5) is 15.2. The zero-order valence-corrected chi connectivity index (χ0v) is 19.1. The van der Waals surface area contributed by atoms with Crippen LogP contribution in [0.15, 0.2) is 12.5 Å². The molecule has 9 nitrogen and oxygen atoms in total. The number of nitrogens with zero attached hydrogens (tertiary/aromatic N) is 2. The van der Waals surface area contributed by atoms with Crippen molar-refractivity contribution in [2.75, 3.05) is 6.61 Å². The Hall–Kier alpha value is -1.17. The molecule has 1 aliphatic carbocycles. The maximum Gasteiger partial charge on any atom is 0.416 e. The first-order valence-corrected chi connectivity index (χ1v) is 11.8. The summed E-state index contributed by atoms with van der Waals surface area (Å²) in [5, 5.41) is 52.7. The highest BCUT2D eigenvalue weighted by molar-refractivity contribution is 8.00. The zero-order chi connectivity index (χ0) is 22.9. The average molecular weight is 458 g/mol. The van der Waals surface area contributed by atoms with Gasteiger partial charge in [-0.1, -0.05) is 13.8 Å². The molecule has 6 N–H and O–H groups in total. The van der Waals surface area contributed by atoms with Crippen molar-refractivity contribution < 1.29 is 30.3 Å². The second-order valence-electron chi connectivity index (χ2n) is 9.69. The number of aliphatic hydroxyl groups is 4. The normalized spacial score (nSPS) is 36.8. The third-order valence-corrected chi connectivity index (χ3v) is 8.60. The Morgan fingerprint density at radius 3 is 2.65 bits per heavy atom. The number of thioether (sulfide) groups is 1. The predicted molar refractivity (Wildman–Crippen MR) is 117 cm³/mol. The summed E-state index contributed by atoms with van der Waals surface area (Å²) >= 11 is 1.38. The van der Waals surface area contributed by atoms with Crippen LogP contribution in [0.2, 0.25) is 0 Å². The van der Waals surface area contributed by atoms with Crippen molar-refractivity contribution in [3.8, 4) is 0 Å². The molecule has 1 aromatic rings. The van der Waals surface area contributed by atoms with Gasteiger partial charge in [0.25, 0.3) is 0 Å². The van der Waals surface area contributed by atoms with Gasteiger partial charge in [-0.25, -0.2) is 14.3 Å². The van der Waals surface area contributed by atoms with E-state index in [2.05, 4.69) is 24.1 Å². The number of aliphatic hydroxyl groups excluding tert-OH is 4. The van der Waals surface area contributed by atoms with Gasteiger partial charge in [-0.2, -0.15) is 0 Å². The van der Waals surface area contributed by atoms with Crippen molar-refractivity contribution in [3.63, 3.8) is 0 Å². The van der Waals surface area contributed by atoms with E-state index >= 15 is 0 Å². The number of imidazole rings is 1. The van der Waals surface area contributed by atoms with Crippen LogP contribution in [0.1, 0.15) is 45.7 Å². The van der Waals surface area contributed by atoms with Gasteiger partial charge in [0.1, 0.15) is 12.4 Å². The molecule has 2 aliphatic rings. The van der Waals surface area contributed by atoms with Gasteiger partial charge >= 0.3 is 6.09 Å². The Morgan fingerprint density at radius 2 is 2.03 bits per heavy atom. The highest BCUT2D eigenvalue weighted by Gasteiger charge is 2.50. The molecule has 1 saturated carbocycles. The Bertz CT molecular complexity index is 757. The molecule has 2 unspecified atom stereocenters. The molecule has 31 heavy (non-hydrogen) atoms. The SMILES string of the molecule is C[C@H](Cc1cn(C(=O)O)cn1)NC1CCC(C)(C)C([C@@H]2S[C@H](CO)[C@H](O)[C@H](O)[C@H]2O)C1. The fraction of sp³-hybridized carbons (Fsp3) is 0.810. The average Bonchev–Trinajstić information content (AvgIpc) is 3.17. The Balaban J connectivity index is 1.66. The molecule has 176 valence electrons. The molecule has 0 radical (unpaired) electrons. The van der Waals surface area contributed by atoms with E-state index in [1.54, 1.807) is 0 Å². The Morgan fingerprint density at radius 1 is 1.32 bits per heavy atom. The lowest BCUT2D eigenvalue weighted by Crippen LogP contribution is -2.59. The maximum absolute atomic E-state index is 11.0. The highest BCUT2D eigenvalue weighted by atomic mass is 32.2. The van der Waals surface area contributed by atoms with Crippen molar-refractivity contribution in [1.82, 2.24) is 14.9 Å². The summed E-state index contributed by atoms with van der Waals surface area (Å²) in [7, 11) is 0. The zero-order valence-electron chi connectivity index (χ0n) is 18.3. The summed E-state index contributed by atoms with van der Waals surface area (Å²) < 4.78 is 1.04. The minimum Gasteiger partial charge on any atom is -0.464 e. The predicted octanol–water partition coefficient (Wildman–Crippen LogP) is 0.684. The minimum atomic E-state index is -1.27. The van der Waals surface area contributed by atoms with Crippen molar-refractivity contribution >= 4 is 17.9 Å². The lowest BCUT2D eigenvalue weighted by molar-refractivity contribution is -0.0837. The topological polar surface area (TPSA) is 148 Å². The van der Waals surface area contributed by atoms with Crippen LogP contribution in [0, 0.1) is 11.3 Å². The molecule has 0 bridgehead atoms. The van der Waals surface area contributed by atoms with Gasteiger partial charge in [0.2, 0.25) is 0 Å². The van der Waals surface area contributed by atoms with Crippen LogP contribution >= 0.6 is 11.8 Å². The van der Waals surface area contributed by atoms with E-state index in [1.165, 1.54) is 24.3 Å². The standard InChI is InChI=1S/C21H35N3O6S/c1-11(6-13-8-24(10-22-13)20(29)30)23-12-4-5-21(2,3)14(7-12)19-18(28)17(27)16(26)15(9-25)31-19/h8,10-12,14-19,23,25-28H,4-7,9H2,1-3H3,(H,29,30)/t11-,12?,14?,15-,16+,17+,18-,19+/m1/s1. The van der Waals surface area contributed by atoms with E-state index in [9.17, 15) is 25.2 Å². The lowest BCUT2D eigenvalue weighted by atomic mass is 9.64. The molecule has 2 heterocycles. The Kier molecular flexibility index (Phi) is 7.71. The number of carbonyl (C=O) groups is 1. The smallest absolute Gasteiger partial charge is 0.416 e. The number of hydrogen-bond donors (Lipinski definition) is 6. The fourth-order valence-electron chi connectivity index (χ4n) is 5.02. The van der Waals surface area contributed by atoms with Gasteiger partial charge in [-0.15, -0.1) is 11.8 Å². The molecule has 1 aromatic heterocycles. The molecule has 10 heteroatoms. The molecule has 1 aliphatic heterocycles. The third kappa shape index (κ3) is 5.43. The van der Waals surface area contributed by atoms with Crippen LogP contribution in [-0.2, 0) is 6.42 Å². The highest BCUT2D eigenvalue weighted by Crippen LogP contribution is 2.49. The van der Waals surface area contributed by atoms with Crippen LogP contribution < -0.4 is 5.32 Å². The minimum absolute atomic E-state index is 0.0532. The molecule has 0 spiro atoms. The van der Waals surface area contributed by atoms with Crippen molar-refractivity contribution in [2.24, 2.45) is 11.3 Å². The van der Waals surface area contributed by atoms with E-state index in [0.717, 1.165) is 23.8 Å². The van der Waals surface area contributed by atoms with E-state index < -0.39 is 29.7 Å². The van der Waals surface area contributed by atoms with Crippen LogP contribution in [0.4, 0.5) is 4.79 Å². The first-order valence-electron chi connectivity index (χ1n) is 10.9. The largest absolute Gasteiger partial charge is 0.464 e. The molecule has 3 rings (SSSR count). The quantitative estimate of drug-likeness (QED) is 0.363. The third-order valence-electron chi connectivity index (χ3n) is 6.90. The lowest BCUT2D eigenvalue weighted by Gasteiger charge is -2.51. The molecule has 2 fully saturated rings. The molecular weight excluding hydrogens is 422 g/mol. The monoisotopic (exact) mass is 457 g/mol. The second-order valence-corrected chi connectivity index (χ2v) is 11.1. The van der Waals surface area contributed by atoms with E-state index in [4.69, 9.17) is 5.11 Å². The summed E-state index contributed by atoms with van der Waals surface area (Å²) in [6.07, 6.45) is 1.61. The summed E-state index contributed by atoms with van der Waals surface area (Å²) in [5.74, 6) is 0.0911. The molecule has 0 amide bonds. The first-order chi connectivity index (χ1) is 14.5. The second kappa shape index (κ2) is 9.76. The molecule has 8 atom stereocenters. The Labute approximate surface area is 186 Å². The number of hydrogen-bond acceptors (Lipinski definition) is 8. The number of aromatic nitrogens is 2. The van der Waals surface area contributed by atoms with Crippen molar-refractivity contribution in [2.45, 2.75) is 87.3 Å². The fourth-order valence-corrected chi connectivity index (χ4v) is 6.82. The number of carboxylic acid groups (broad SMARTS) is 1. The van der Waals surface area contributed by atoms with E-state index in [0.29, 0.717) is 12.1 Å². The van der Waals surface area contributed by atoms with Crippen molar-refractivity contribution in [3.05, 3.63) is 18.2 Å². The van der Waals surface area contributed by atoms with Gasteiger partial charge in [0.05, 0.1) is 29.8 Å². The number of rotatable bonds is 6. The van der Waals surface area contributed by atoms with Gasteiger partial charge in [-0.05, 0) is 37.5 Å². The van der Waals surface area contributed by atoms with Crippen molar-refractivity contribution in [1.29, 1.82) is 0 Å². The van der Waals surface area contributed by atoms with E-state index in [-0.39, 0.29) is 35.3 Å². The van der Waals surface area contributed by atoms with Gasteiger partial charge < -0.3 is 30.8 Å². The number of nitrogens with one attached hydrogen (secondary N) is 1. The van der Waals surface area contributed by atoms with E-state index in [1.807, 2.05) is 6.92 Å². The van der Waals surface area contributed by atoms with Crippen LogP contribution in [0.5, 0.6) is 0 Å².